The second-order valence-electron chi connectivity index (χ2n) is 5.95. The van der Waals surface area contributed by atoms with Crippen LogP contribution >= 0.6 is 0 Å². The SMILES string of the molecule is COc1cccc(CCNC(=O)c2cncc(C(=O)NC(C)C)c2)c1. The molecule has 1 aromatic heterocycles. The van der Waals surface area contributed by atoms with Crippen molar-refractivity contribution in [2.24, 2.45) is 0 Å². The molecule has 2 N–H and O–H groups in total. The van der Waals surface area contributed by atoms with Crippen molar-refractivity contribution in [1.82, 2.24) is 15.6 Å². The van der Waals surface area contributed by atoms with Crippen molar-refractivity contribution >= 4 is 11.8 Å². The van der Waals surface area contributed by atoms with Gasteiger partial charge in [0.05, 0.1) is 18.2 Å². The van der Waals surface area contributed by atoms with Crippen LogP contribution in [0, 0.1) is 0 Å². The molecule has 2 aromatic rings. The largest absolute Gasteiger partial charge is 0.497 e. The fourth-order valence-electron chi connectivity index (χ4n) is 2.28. The van der Waals surface area contributed by atoms with Gasteiger partial charge >= 0.3 is 0 Å². The zero-order valence-corrected chi connectivity index (χ0v) is 14.7. The van der Waals surface area contributed by atoms with E-state index in [0.29, 0.717) is 24.1 Å². The Balaban J connectivity index is 1.93. The molecule has 0 bridgehead atoms. The van der Waals surface area contributed by atoms with E-state index in [2.05, 4.69) is 15.6 Å². The van der Waals surface area contributed by atoms with Crippen molar-refractivity contribution in [3.63, 3.8) is 0 Å². The third-order valence-electron chi connectivity index (χ3n) is 3.52. The number of methoxy groups -OCH3 is 1. The van der Waals surface area contributed by atoms with E-state index < -0.39 is 0 Å². The molecule has 0 aliphatic heterocycles. The minimum Gasteiger partial charge on any atom is -0.497 e. The minimum atomic E-state index is -0.255. The number of aromatic nitrogens is 1. The highest BCUT2D eigenvalue weighted by molar-refractivity contribution is 5.99. The second-order valence-corrected chi connectivity index (χ2v) is 5.95. The number of benzene rings is 1. The molecular weight excluding hydrogens is 318 g/mol. The first kappa shape index (κ1) is 18.4. The smallest absolute Gasteiger partial charge is 0.253 e. The van der Waals surface area contributed by atoms with Gasteiger partial charge in [-0.1, -0.05) is 12.1 Å². The van der Waals surface area contributed by atoms with Crippen molar-refractivity contribution in [3.05, 3.63) is 59.4 Å². The maximum atomic E-state index is 12.2. The van der Waals surface area contributed by atoms with Crippen LogP contribution in [0.4, 0.5) is 0 Å². The summed E-state index contributed by atoms with van der Waals surface area (Å²) in [5, 5.41) is 5.62. The molecule has 2 amide bonds. The van der Waals surface area contributed by atoms with Gasteiger partial charge in [0, 0.05) is 25.0 Å². The normalized spacial score (nSPS) is 10.4. The van der Waals surface area contributed by atoms with E-state index in [1.807, 2.05) is 38.1 Å². The van der Waals surface area contributed by atoms with Gasteiger partial charge in [0.15, 0.2) is 0 Å². The van der Waals surface area contributed by atoms with Crippen LogP contribution in [0.5, 0.6) is 5.75 Å². The summed E-state index contributed by atoms with van der Waals surface area (Å²) >= 11 is 0. The van der Waals surface area contributed by atoms with Crippen molar-refractivity contribution in [2.75, 3.05) is 13.7 Å². The summed E-state index contributed by atoms with van der Waals surface area (Å²) in [6, 6.07) is 9.27. The van der Waals surface area contributed by atoms with Gasteiger partial charge in [-0.15, -0.1) is 0 Å². The number of rotatable bonds is 7. The summed E-state index contributed by atoms with van der Waals surface area (Å²) in [4.78, 5) is 28.2. The van der Waals surface area contributed by atoms with E-state index in [4.69, 9.17) is 4.74 Å². The molecule has 2 rings (SSSR count). The number of ether oxygens (including phenoxy) is 1. The van der Waals surface area contributed by atoms with Crippen LogP contribution in [0.2, 0.25) is 0 Å². The topological polar surface area (TPSA) is 80.3 Å². The molecule has 0 fully saturated rings. The van der Waals surface area contributed by atoms with Crippen LogP contribution in [0.3, 0.4) is 0 Å². The highest BCUT2D eigenvalue weighted by Gasteiger charge is 2.12. The lowest BCUT2D eigenvalue weighted by Crippen LogP contribution is -2.31. The highest BCUT2D eigenvalue weighted by atomic mass is 16.5. The van der Waals surface area contributed by atoms with Gasteiger partial charge in [0.25, 0.3) is 11.8 Å². The molecule has 0 saturated carbocycles. The molecule has 1 heterocycles. The number of nitrogens with one attached hydrogen (secondary N) is 2. The highest BCUT2D eigenvalue weighted by Crippen LogP contribution is 2.12. The summed E-state index contributed by atoms with van der Waals surface area (Å²) in [6.45, 7) is 4.23. The van der Waals surface area contributed by atoms with Crippen LogP contribution in [0.15, 0.2) is 42.7 Å². The predicted octanol–water partition coefficient (Wildman–Crippen LogP) is 2.20. The molecule has 6 nitrogen and oxygen atoms in total. The van der Waals surface area contributed by atoms with Crippen LogP contribution in [-0.2, 0) is 6.42 Å². The first-order valence-electron chi connectivity index (χ1n) is 8.16. The van der Waals surface area contributed by atoms with Crippen molar-refractivity contribution in [3.8, 4) is 5.75 Å². The number of pyridine rings is 1. The molecule has 0 aliphatic rings. The summed E-state index contributed by atoms with van der Waals surface area (Å²) in [5.74, 6) is 0.292. The average molecular weight is 341 g/mol. The summed E-state index contributed by atoms with van der Waals surface area (Å²) in [6.07, 6.45) is 3.58. The molecule has 25 heavy (non-hydrogen) atoms. The predicted molar refractivity (Wildman–Crippen MR) is 95.9 cm³/mol. The van der Waals surface area contributed by atoms with Crippen LogP contribution in [0.25, 0.3) is 0 Å². The van der Waals surface area contributed by atoms with Crippen LogP contribution < -0.4 is 15.4 Å². The summed E-state index contributed by atoms with van der Waals surface area (Å²) in [5.41, 5.74) is 1.80. The van der Waals surface area contributed by atoms with E-state index in [-0.39, 0.29) is 17.9 Å². The molecule has 0 saturated heterocycles. The number of hydrogen-bond donors (Lipinski definition) is 2. The summed E-state index contributed by atoms with van der Waals surface area (Å²) < 4.78 is 5.18. The average Bonchev–Trinajstić information content (AvgIpc) is 2.61. The van der Waals surface area contributed by atoms with E-state index in [1.54, 1.807) is 13.2 Å². The Bertz CT molecular complexity index is 744. The molecule has 0 spiro atoms. The maximum absolute atomic E-state index is 12.2. The van der Waals surface area contributed by atoms with Gasteiger partial charge in [0.1, 0.15) is 5.75 Å². The third kappa shape index (κ3) is 5.60. The Labute approximate surface area is 147 Å². The minimum absolute atomic E-state index is 0.0212. The number of hydrogen-bond acceptors (Lipinski definition) is 4. The van der Waals surface area contributed by atoms with Gasteiger partial charge in [-0.25, -0.2) is 0 Å². The van der Waals surface area contributed by atoms with Gasteiger partial charge in [-0.2, -0.15) is 0 Å². The van der Waals surface area contributed by atoms with Gasteiger partial charge in [-0.3, -0.25) is 14.6 Å². The zero-order chi connectivity index (χ0) is 18.2. The lowest BCUT2D eigenvalue weighted by Gasteiger charge is -2.09. The van der Waals surface area contributed by atoms with Crippen molar-refractivity contribution < 1.29 is 14.3 Å². The lowest BCUT2D eigenvalue weighted by atomic mass is 10.1. The van der Waals surface area contributed by atoms with Gasteiger partial charge in [0.2, 0.25) is 0 Å². The van der Waals surface area contributed by atoms with Crippen LogP contribution in [-0.4, -0.2) is 36.5 Å². The van der Waals surface area contributed by atoms with Crippen molar-refractivity contribution in [2.45, 2.75) is 26.3 Å². The fourth-order valence-corrected chi connectivity index (χ4v) is 2.28. The molecule has 0 atom stereocenters. The quantitative estimate of drug-likeness (QED) is 0.809. The Morgan fingerprint density at radius 3 is 2.52 bits per heavy atom. The molecule has 132 valence electrons. The maximum Gasteiger partial charge on any atom is 0.253 e. The number of nitrogens with zero attached hydrogens (tertiary/aromatic N) is 1. The summed E-state index contributed by atoms with van der Waals surface area (Å²) in [7, 11) is 1.62. The number of amides is 2. The number of carbonyl (C=O) groups is 2. The fraction of sp³-hybridized carbons (Fsp3) is 0.316. The molecule has 0 radical (unpaired) electrons. The van der Waals surface area contributed by atoms with E-state index in [0.717, 1.165) is 11.3 Å². The van der Waals surface area contributed by atoms with E-state index in [9.17, 15) is 9.59 Å². The zero-order valence-electron chi connectivity index (χ0n) is 14.7. The lowest BCUT2D eigenvalue weighted by molar-refractivity contribution is 0.0942. The third-order valence-corrected chi connectivity index (χ3v) is 3.52. The molecule has 6 heteroatoms. The first-order chi connectivity index (χ1) is 12.0. The monoisotopic (exact) mass is 341 g/mol. The Morgan fingerprint density at radius 2 is 1.84 bits per heavy atom. The van der Waals surface area contributed by atoms with Gasteiger partial charge in [-0.05, 0) is 44.0 Å². The number of carbonyl (C=O) groups excluding carboxylic acids is 2. The van der Waals surface area contributed by atoms with E-state index in [1.165, 1.54) is 12.4 Å². The molecule has 0 unspecified atom stereocenters. The first-order valence-corrected chi connectivity index (χ1v) is 8.16. The van der Waals surface area contributed by atoms with Crippen LogP contribution in [0.1, 0.15) is 40.1 Å². The molecular formula is C19H23N3O3. The van der Waals surface area contributed by atoms with Crippen molar-refractivity contribution in [1.29, 1.82) is 0 Å². The Hall–Kier alpha value is -2.89. The standard InChI is InChI=1S/C19H23N3O3/c1-13(2)22-19(24)16-10-15(11-20-12-16)18(23)21-8-7-14-5-4-6-17(9-14)25-3/h4-6,9-13H,7-8H2,1-3H3,(H,21,23)(H,22,24). The van der Waals surface area contributed by atoms with Gasteiger partial charge < -0.3 is 15.4 Å². The Kier molecular flexibility index (Phi) is 6.51. The second kappa shape index (κ2) is 8.82. The molecule has 1 aromatic carbocycles. The van der Waals surface area contributed by atoms with E-state index >= 15 is 0 Å². The Morgan fingerprint density at radius 1 is 1.12 bits per heavy atom. The molecule has 0 aliphatic carbocycles.